The number of ether oxygens (including phenoxy) is 2. The summed E-state index contributed by atoms with van der Waals surface area (Å²) in [5.41, 5.74) is 2.13. The van der Waals surface area contributed by atoms with Crippen molar-refractivity contribution in [3.05, 3.63) is 0 Å². The molecule has 1 aliphatic heterocycles. The minimum absolute atomic E-state index is 0.0940. The Morgan fingerprint density at radius 3 is 2.77 bits per heavy atom. The van der Waals surface area contributed by atoms with E-state index in [0.717, 1.165) is 25.7 Å². The highest BCUT2D eigenvalue weighted by molar-refractivity contribution is 6.21. The Labute approximate surface area is 181 Å². The van der Waals surface area contributed by atoms with Crippen LogP contribution < -0.4 is 16.1 Å². The summed E-state index contributed by atoms with van der Waals surface area (Å²) in [4.78, 5) is 18.3. The molecule has 30 heavy (non-hydrogen) atoms. The Balaban J connectivity index is 1.27. The van der Waals surface area contributed by atoms with E-state index < -0.39 is 23.2 Å². The van der Waals surface area contributed by atoms with Crippen molar-refractivity contribution in [3.8, 4) is 0 Å². The molecular formula is C20H33ClFN3O5. The molecule has 172 valence electrons. The number of hydroxylamine groups is 1. The van der Waals surface area contributed by atoms with Gasteiger partial charge in [-0.3, -0.25) is 14.9 Å². The number of aliphatic hydroxyl groups is 1. The van der Waals surface area contributed by atoms with Crippen molar-refractivity contribution in [3.63, 3.8) is 0 Å². The Bertz CT molecular complexity index is 621. The molecule has 6 atom stereocenters. The molecule has 0 aromatic heterocycles. The number of methoxy groups -OCH3 is 1. The zero-order chi connectivity index (χ0) is 21.4. The van der Waals surface area contributed by atoms with E-state index in [1.54, 1.807) is 7.11 Å². The van der Waals surface area contributed by atoms with Crippen LogP contribution in [0.25, 0.3) is 0 Å². The lowest BCUT2D eigenvalue weighted by atomic mass is 9.55. The molecule has 4 aliphatic carbocycles. The van der Waals surface area contributed by atoms with Crippen LogP contribution in [0.2, 0.25) is 0 Å². The molecule has 5 rings (SSSR count). The number of nitrogens with one attached hydrogen (secondary N) is 3. The number of hydrogen-bond acceptors (Lipinski definition) is 7. The van der Waals surface area contributed by atoms with Crippen molar-refractivity contribution in [1.82, 2.24) is 16.1 Å². The number of amides is 1. The van der Waals surface area contributed by atoms with Gasteiger partial charge in [-0.1, -0.05) is 0 Å². The van der Waals surface area contributed by atoms with Crippen LogP contribution in [0.1, 0.15) is 51.4 Å². The molecule has 2 bridgehead atoms. The summed E-state index contributed by atoms with van der Waals surface area (Å²) in [6.07, 6.45) is 2.64. The van der Waals surface area contributed by atoms with Crippen LogP contribution in [0.4, 0.5) is 4.39 Å². The molecule has 1 heterocycles. The lowest BCUT2D eigenvalue weighted by molar-refractivity contribution is -0.176. The highest BCUT2D eigenvalue weighted by Gasteiger charge is 2.59. The zero-order valence-electron chi connectivity index (χ0n) is 17.4. The van der Waals surface area contributed by atoms with Gasteiger partial charge in [0.25, 0.3) is 0 Å². The van der Waals surface area contributed by atoms with Crippen LogP contribution in [0.3, 0.4) is 0 Å². The van der Waals surface area contributed by atoms with Crippen LogP contribution in [-0.4, -0.2) is 73.0 Å². The summed E-state index contributed by atoms with van der Waals surface area (Å²) in [6.45, 7) is 0.377. The lowest BCUT2D eigenvalue weighted by Crippen LogP contribution is -2.66. The van der Waals surface area contributed by atoms with Crippen molar-refractivity contribution in [2.75, 3.05) is 20.3 Å². The van der Waals surface area contributed by atoms with Gasteiger partial charge in [-0.25, -0.2) is 4.39 Å². The average Bonchev–Trinajstić information content (AvgIpc) is 3.19. The standard InChI is InChI=1S/C20H33ClFN3O5/c1-28-10-16-23-18(30-25-16)20-6-4-19(5-7-20,9-15(20)26)24-17(27)11-29-12-2-3-13(21)14(22)8-12/h12-16,18,23,25-26H,2-11H2,1H3,(H,24,27). The van der Waals surface area contributed by atoms with E-state index in [9.17, 15) is 14.3 Å². The van der Waals surface area contributed by atoms with Gasteiger partial charge in [-0.05, 0) is 44.9 Å². The van der Waals surface area contributed by atoms with E-state index in [-0.39, 0.29) is 42.8 Å². The molecule has 5 fully saturated rings. The number of rotatable bonds is 7. The molecule has 4 N–H and O–H groups in total. The second-order valence-corrected chi connectivity index (χ2v) is 9.91. The molecule has 0 aromatic rings. The maximum absolute atomic E-state index is 13.8. The first kappa shape index (κ1) is 22.6. The number of hydrogen-bond donors (Lipinski definition) is 4. The fourth-order valence-corrected chi connectivity index (χ4v) is 5.80. The maximum Gasteiger partial charge on any atom is 0.246 e. The van der Waals surface area contributed by atoms with E-state index in [0.29, 0.717) is 25.9 Å². The first-order chi connectivity index (χ1) is 14.4. The third-order valence-corrected chi connectivity index (χ3v) is 7.91. The van der Waals surface area contributed by atoms with Gasteiger partial charge < -0.3 is 19.9 Å². The normalized spacial score (nSPS) is 46.1. The molecule has 0 spiro atoms. The second-order valence-electron chi connectivity index (χ2n) is 9.35. The van der Waals surface area contributed by atoms with Gasteiger partial charge in [-0.15, -0.1) is 11.6 Å². The van der Waals surface area contributed by atoms with Crippen molar-refractivity contribution in [2.45, 2.75) is 93.1 Å². The first-order valence-corrected chi connectivity index (χ1v) is 11.3. The van der Waals surface area contributed by atoms with Gasteiger partial charge >= 0.3 is 0 Å². The third-order valence-electron chi connectivity index (χ3n) is 7.42. The minimum Gasteiger partial charge on any atom is -0.392 e. The van der Waals surface area contributed by atoms with E-state index in [4.69, 9.17) is 25.9 Å². The number of carbonyl (C=O) groups is 1. The lowest BCUT2D eigenvalue weighted by Gasteiger charge is -2.57. The van der Waals surface area contributed by atoms with Gasteiger partial charge in [0.2, 0.25) is 5.91 Å². The number of aliphatic hydroxyl groups excluding tert-OH is 1. The fraction of sp³-hybridized carbons (Fsp3) is 0.950. The van der Waals surface area contributed by atoms with Gasteiger partial charge in [0.05, 0.1) is 24.2 Å². The van der Waals surface area contributed by atoms with Gasteiger partial charge in [0, 0.05) is 24.5 Å². The van der Waals surface area contributed by atoms with E-state index in [2.05, 4.69) is 16.1 Å². The molecule has 1 saturated heterocycles. The van der Waals surface area contributed by atoms with Gasteiger partial charge in [0.1, 0.15) is 25.2 Å². The highest BCUT2D eigenvalue weighted by Crippen LogP contribution is 2.54. The largest absolute Gasteiger partial charge is 0.392 e. The second kappa shape index (κ2) is 9.13. The predicted molar refractivity (Wildman–Crippen MR) is 107 cm³/mol. The quantitative estimate of drug-likeness (QED) is 0.432. The van der Waals surface area contributed by atoms with Crippen molar-refractivity contribution in [2.24, 2.45) is 5.41 Å². The first-order valence-electron chi connectivity index (χ1n) is 10.9. The third kappa shape index (κ3) is 4.48. The summed E-state index contributed by atoms with van der Waals surface area (Å²) in [5, 5.41) is 17.0. The number of fused-ring (bicyclic) bond motifs is 3. The van der Waals surface area contributed by atoms with Crippen LogP contribution in [0.5, 0.6) is 0 Å². The maximum atomic E-state index is 13.8. The van der Waals surface area contributed by atoms with Crippen LogP contribution in [-0.2, 0) is 19.1 Å². The summed E-state index contributed by atoms with van der Waals surface area (Å²) in [5.74, 6) is -0.211. The Morgan fingerprint density at radius 1 is 1.33 bits per heavy atom. The molecule has 1 amide bonds. The van der Waals surface area contributed by atoms with Crippen LogP contribution >= 0.6 is 11.6 Å². The average molecular weight is 450 g/mol. The molecule has 10 heteroatoms. The van der Waals surface area contributed by atoms with E-state index in [1.807, 2.05) is 0 Å². The minimum atomic E-state index is -1.09. The van der Waals surface area contributed by atoms with Gasteiger partial charge in [0.15, 0.2) is 0 Å². The zero-order valence-corrected chi connectivity index (χ0v) is 18.1. The number of carbonyl (C=O) groups excluding carboxylic acids is 1. The Kier molecular flexibility index (Phi) is 6.89. The molecule has 4 saturated carbocycles. The molecule has 6 unspecified atom stereocenters. The Morgan fingerprint density at radius 2 is 2.10 bits per heavy atom. The van der Waals surface area contributed by atoms with Crippen molar-refractivity contribution >= 4 is 17.5 Å². The van der Waals surface area contributed by atoms with Gasteiger partial charge in [-0.2, -0.15) is 5.48 Å². The summed E-state index contributed by atoms with van der Waals surface area (Å²) < 4.78 is 24.5. The SMILES string of the molecule is COCC1NOC(C23CCC(NC(=O)COC4CCC(Cl)C(F)C4)(CC2)CC3O)N1. The summed E-state index contributed by atoms with van der Waals surface area (Å²) in [7, 11) is 1.63. The molecular weight excluding hydrogens is 417 g/mol. The van der Waals surface area contributed by atoms with Crippen LogP contribution in [0.15, 0.2) is 0 Å². The van der Waals surface area contributed by atoms with E-state index in [1.165, 1.54) is 0 Å². The molecule has 8 nitrogen and oxygen atoms in total. The summed E-state index contributed by atoms with van der Waals surface area (Å²) in [6, 6.07) is 0. The Hall–Kier alpha value is -0.550. The monoisotopic (exact) mass is 449 g/mol. The summed E-state index contributed by atoms with van der Waals surface area (Å²) >= 11 is 5.90. The fourth-order valence-electron chi connectivity index (χ4n) is 5.57. The van der Waals surface area contributed by atoms with Crippen LogP contribution in [0, 0.1) is 5.41 Å². The highest BCUT2D eigenvalue weighted by atomic mass is 35.5. The van der Waals surface area contributed by atoms with E-state index >= 15 is 0 Å². The smallest absolute Gasteiger partial charge is 0.246 e. The number of halogens is 2. The molecule has 0 radical (unpaired) electrons. The predicted octanol–water partition coefficient (Wildman–Crippen LogP) is 1.10. The van der Waals surface area contributed by atoms with Crippen molar-refractivity contribution < 1.29 is 28.6 Å². The molecule has 0 aromatic carbocycles. The molecule has 5 aliphatic rings. The topological polar surface area (TPSA) is 101 Å². The number of alkyl halides is 2. The van der Waals surface area contributed by atoms with Crippen molar-refractivity contribution in [1.29, 1.82) is 0 Å².